The number of methoxy groups -OCH3 is 1. The Balaban J connectivity index is 2.06. The van der Waals surface area contributed by atoms with Gasteiger partial charge in [0, 0.05) is 25.8 Å². The smallest absolute Gasteiger partial charge is 0.295 e. The van der Waals surface area contributed by atoms with Crippen molar-refractivity contribution in [1.29, 1.82) is 0 Å². The Bertz CT molecular complexity index is 960. The molecular formula is C25H29NO5. The Labute approximate surface area is 183 Å². The Morgan fingerprint density at radius 1 is 1.06 bits per heavy atom. The first-order valence-electron chi connectivity index (χ1n) is 10.4. The second kappa shape index (κ2) is 9.79. The van der Waals surface area contributed by atoms with Crippen molar-refractivity contribution in [1.82, 2.24) is 4.90 Å². The number of Topliss-reactive ketones (excluding diaryl/α,β-unsaturated/α-hetero) is 1. The van der Waals surface area contributed by atoms with Crippen molar-refractivity contribution < 1.29 is 24.2 Å². The molecule has 1 fully saturated rings. The summed E-state index contributed by atoms with van der Waals surface area (Å²) in [6.07, 6.45) is 0.617. The highest BCUT2D eigenvalue weighted by Gasteiger charge is 2.45. The Morgan fingerprint density at radius 3 is 2.29 bits per heavy atom. The maximum absolute atomic E-state index is 13.0. The van der Waals surface area contributed by atoms with E-state index in [-0.39, 0.29) is 17.4 Å². The summed E-state index contributed by atoms with van der Waals surface area (Å²) < 4.78 is 10.8. The normalized spacial score (nSPS) is 18.1. The molecule has 0 spiro atoms. The number of benzene rings is 2. The maximum atomic E-state index is 13.0. The van der Waals surface area contributed by atoms with Gasteiger partial charge in [-0.15, -0.1) is 0 Å². The number of aryl methyl sites for hydroxylation is 1. The monoisotopic (exact) mass is 423 g/mol. The largest absolute Gasteiger partial charge is 0.507 e. The van der Waals surface area contributed by atoms with Gasteiger partial charge in [-0.05, 0) is 44.9 Å². The van der Waals surface area contributed by atoms with E-state index >= 15 is 0 Å². The first kappa shape index (κ1) is 22.6. The predicted molar refractivity (Wildman–Crippen MR) is 119 cm³/mol. The van der Waals surface area contributed by atoms with E-state index in [0.717, 1.165) is 11.1 Å². The molecule has 2 aromatic carbocycles. The molecule has 3 rings (SSSR count). The number of carbonyl (C=O) groups excluding carboxylic acids is 2. The number of aliphatic hydroxyl groups is 1. The van der Waals surface area contributed by atoms with Crippen LogP contribution in [0.2, 0.25) is 0 Å². The Morgan fingerprint density at radius 2 is 1.71 bits per heavy atom. The summed E-state index contributed by atoms with van der Waals surface area (Å²) in [5, 5.41) is 11.0. The summed E-state index contributed by atoms with van der Waals surface area (Å²) in [4.78, 5) is 27.3. The zero-order chi connectivity index (χ0) is 22.5. The van der Waals surface area contributed by atoms with Crippen LogP contribution >= 0.6 is 0 Å². The zero-order valence-electron chi connectivity index (χ0n) is 18.4. The number of hydrogen-bond acceptors (Lipinski definition) is 5. The number of carbonyl (C=O) groups is 2. The van der Waals surface area contributed by atoms with Gasteiger partial charge in [0.2, 0.25) is 0 Å². The molecule has 0 bridgehead atoms. The summed E-state index contributed by atoms with van der Waals surface area (Å²) in [6.45, 7) is 6.65. The van der Waals surface area contributed by atoms with Crippen LogP contribution in [0, 0.1) is 6.92 Å². The van der Waals surface area contributed by atoms with E-state index in [4.69, 9.17) is 9.47 Å². The van der Waals surface area contributed by atoms with Crippen LogP contribution < -0.4 is 4.74 Å². The fraction of sp³-hybridized carbons (Fsp3) is 0.360. The molecule has 0 radical (unpaired) electrons. The first-order chi connectivity index (χ1) is 14.8. The van der Waals surface area contributed by atoms with Crippen molar-refractivity contribution in [3.8, 4) is 5.75 Å². The molecule has 1 amide bonds. The number of ketones is 1. The van der Waals surface area contributed by atoms with E-state index in [0.29, 0.717) is 30.9 Å². The SMILES string of the molecule is COCCCN1C(=O)C(=O)/C(=C(\O)c2ccc(C)cc2)C1c1ccc(OC(C)C)cc1. The fourth-order valence-corrected chi connectivity index (χ4v) is 3.70. The summed E-state index contributed by atoms with van der Waals surface area (Å²) in [5.41, 5.74) is 2.38. The number of nitrogens with zero attached hydrogens (tertiary/aromatic N) is 1. The molecule has 1 unspecified atom stereocenters. The van der Waals surface area contributed by atoms with Gasteiger partial charge >= 0.3 is 0 Å². The van der Waals surface area contributed by atoms with Gasteiger partial charge in [0.15, 0.2) is 0 Å². The summed E-state index contributed by atoms with van der Waals surface area (Å²) in [5.74, 6) is -0.756. The van der Waals surface area contributed by atoms with Crippen molar-refractivity contribution in [2.75, 3.05) is 20.3 Å². The molecule has 1 aliphatic rings. The highest BCUT2D eigenvalue weighted by Crippen LogP contribution is 2.40. The molecule has 0 saturated carbocycles. The fourth-order valence-electron chi connectivity index (χ4n) is 3.70. The minimum Gasteiger partial charge on any atom is -0.507 e. The van der Waals surface area contributed by atoms with Gasteiger partial charge in [-0.25, -0.2) is 0 Å². The number of ether oxygens (including phenoxy) is 2. The number of aliphatic hydroxyl groups excluding tert-OH is 1. The molecule has 1 saturated heterocycles. The van der Waals surface area contributed by atoms with Crippen LogP contribution in [0.15, 0.2) is 54.1 Å². The summed E-state index contributed by atoms with van der Waals surface area (Å²) in [7, 11) is 1.59. The van der Waals surface area contributed by atoms with Crippen LogP contribution in [0.5, 0.6) is 5.75 Å². The lowest BCUT2D eigenvalue weighted by molar-refractivity contribution is -0.140. The van der Waals surface area contributed by atoms with Crippen molar-refractivity contribution in [3.05, 3.63) is 70.8 Å². The minimum absolute atomic E-state index is 0.0343. The standard InChI is InChI=1S/C25H29NO5/c1-16(2)31-20-12-10-18(11-13-20)22-21(23(27)19-8-6-17(3)7-9-19)24(28)25(29)26(22)14-5-15-30-4/h6-13,16,22,27H,5,14-15H2,1-4H3/b23-21-. The molecule has 1 atom stereocenters. The summed E-state index contributed by atoms with van der Waals surface area (Å²) in [6, 6.07) is 13.8. The third-order valence-corrected chi connectivity index (χ3v) is 5.18. The maximum Gasteiger partial charge on any atom is 0.295 e. The number of amides is 1. The lowest BCUT2D eigenvalue weighted by atomic mass is 9.95. The average Bonchev–Trinajstić information content (AvgIpc) is 2.99. The van der Waals surface area contributed by atoms with E-state index < -0.39 is 17.7 Å². The molecule has 164 valence electrons. The molecule has 6 nitrogen and oxygen atoms in total. The van der Waals surface area contributed by atoms with Crippen LogP contribution in [-0.4, -0.2) is 48.1 Å². The van der Waals surface area contributed by atoms with Crippen LogP contribution in [0.25, 0.3) is 5.76 Å². The van der Waals surface area contributed by atoms with Crippen LogP contribution in [0.1, 0.15) is 43.0 Å². The molecular weight excluding hydrogens is 394 g/mol. The quantitative estimate of drug-likeness (QED) is 0.297. The molecule has 2 aromatic rings. The van der Waals surface area contributed by atoms with Crippen molar-refractivity contribution in [3.63, 3.8) is 0 Å². The Hall–Kier alpha value is -3.12. The van der Waals surface area contributed by atoms with E-state index in [1.165, 1.54) is 4.90 Å². The highest BCUT2D eigenvalue weighted by atomic mass is 16.5. The topological polar surface area (TPSA) is 76.1 Å². The van der Waals surface area contributed by atoms with Gasteiger partial charge < -0.3 is 19.5 Å². The first-order valence-corrected chi connectivity index (χ1v) is 10.4. The van der Waals surface area contributed by atoms with E-state index in [9.17, 15) is 14.7 Å². The average molecular weight is 424 g/mol. The minimum atomic E-state index is -0.678. The number of hydrogen-bond donors (Lipinski definition) is 1. The van der Waals surface area contributed by atoms with Crippen LogP contribution in [0.4, 0.5) is 0 Å². The molecule has 1 N–H and O–H groups in total. The highest BCUT2D eigenvalue weighted by molar-refractivity contribution is 6.46. The molecule has 6 heteroatoms. The Kier molecular flexibility index (Phi) is 7.13. The molecule has 1 aliphatic heterocycles. The van der Waals surface area contributed by atoms with Gasteiger partial charge in [0.05, 0.1) is 17.7 Å². The summed E-state index contributed by atoms with van der Waals surface area (Å²) >= 11 is 0. The van der Waals surface area contributed by atoms with Gasteiger partial charge in [0.1, 0.15) is 11.5 Å². The van der Waals surface area contributed by atoms with Crippen molar-refractivity contribution in [2.24, 2.45) is 0 Å². The molecule has 1 heterocycles. The zero-order valence-corrected chi connectivity index (χ0v) is 18.4. The predicted octanol–water partition coefficient (Wildman–Crippen LogP) is 4.24. The number of likely N-dealkylation sites (tertiary alicyclic amines) is 1. The third-order valence-electron chi connectivity index (χ3n) is 5.18. The van der Waals surface area contributed by atoms with Gasteiger partial charge in [0.25, 0.3) is 11.7 Å². The lowest BCUT2D eigenvalue weighted by Crippen LogP contribution is -2.31. The molecule has 0 aliphatic carbocycles. The van der Waals surface area contributed by atoms with E-state index in [2.05, 4.69) is 0 Å². The van der Waals surface area contributed by atoms with Crippen molar-refractivity contribution >= 4 is 17.4 Å². The lowest BCUT2D eigenvalue weighted by Gasteiger charge is -2.25. The van der Waals surface area contributed by atoms with Gasteiger partial charge in [-0.1, -0.05) is 42.0 Å². The molecule has 31 heavy (non-hydrogen) atoms. The van der Waals surface area contributed by atoms with E-state index in [1.54, 1.807) is 19.2 Å². The second-order valence-corrected chi connectivity index (χ2v) is 7.94. The molecule has 0 aromatic heterocycles. The van der Waals surface area contributed by atoms with E-state index in [1.807, 2.05) is 57.2 Å². The van der Waals surface area contributed by atoms with Crippen LogP contribution in [-0.2, 0) is 14.3 Å². The van der Waals surface area contributed by atoms with Gasteiger partial charge in [-0.2, -0.15) is 0 Å². The van der Waals surface area contributed by atoms with Gasteiger partial charge in [-0.3, -0.25) is 9.59 Å². The second-order valence-electron chi connectivity index (χ2n) is 7.94. The third kappa shape index (κ3) is 4.97. The van der Waals surface area contributed by atoms with Crippen molar-refractivity contribution in [2.45, 2.75) is 39.3 Å². The van der Waals surface area contributed by atoms with Crippen LogP contribution in [0.3, 0.4) is 0 Å². The number of rotatable bonds is 8.